The van der Waals surface area contributed by atoms with E-state index >= 15 is 0 Å². The van der Waals surface area contributed by atoms with E-state index in [0.29, 0.717) is 18.8 Å². The number of carbonyl (C=O) groups is 2. The molecule has 1 saturated heterocycles. The molecule has 1 aliphatic heterocycles. The SMILES string of the molecule is CCc1ccccc1OC1CN(C(=O)Nc2cccc(CC(=O)NC)c2)C1. The van der Waals surface area contributed by atoms with E-state index in [-0.39, 0.29) is 24.5 Å². The lowest BCUT2D eigenvalue weighted by Crippen LogP contribution is -2.57. The minimum absolute atomic E-state index is 0.0167. The van der Waals surface area contributed by atoms with Crippen molar-refractivity contribution in [2.45, 2.75) is 25.9 Å². The molecule has 6 heteroatoms. The second-order valence-electron chi connectivity index (χ2n) is 6.59. The molecule has 3 rings (SSSR count). The summed E-state index contributed by atoms with van der Waals surface area (Å²) < 4.78 is 6.01. The second-order valence-corrected chi connectivity index (χ2v) is 6.59. The molecular weight excluding hydrogens is 342 g/mol. The van der Waals surface area contributed by atoms with Crippen molar-refractivity contribution in [3.05, 3.63) is 59.7 Å². The summed E-state index contributed by atoms with van der Waals surface area (Å²) in [7, 11) is 1.61. The molecule has 2 aromatic rings. The summed E-state index contributed by atoms with van der Waals surface area (Å²) in [5.41, 5.74) is 2.71. The molecule has 1 aliphatic rings. The van der Waals surface area contributed by atoms with Crippen molar-refractivity contribution in [1.29, 1.82) is 0 Å². The molecule has 0 atom stereocenters. The number of rotatable bonds is 6. The zero-order chi connectivity index (χ0) is 19.2. The van der Waals surface area contributed by atoms with Gasteiger partial charge in [-0.2, -0.15) is 0 Å². The first-order valence-corrected chi connectivity index (χ1v) is 9.19. The number of aryl methyl sites for hydroxylation is 1. The number of ether oxygens (including phenoxy) is 1. The summed E-state index contributed by atoms with van der Waals surface area (Å²) in [6.07, 6.45) is 1.22. The number of urea groups is 1. The van der Waals surface area contributed by atoms with Crippen molar-refractivity contribution in [2.75, 3.05) is 25.5 Å². The molecule has 3 amide bonds. The van der Waals surface area contributed by atoms with Gasteiger partial charge in [0.1, 0.15) is 11.9 Å². The number of hydrogen-bond acceptors (Lipinski definition) is 3. The van der Waals surface area contributed by atoms with E-state index in [9.17, 15) is 9.59 Å². The number of anilines is 1. The molecule has 0 spiro atoms. The summed E-state index contributed by atoms with van der Waals surface area (Å²) >= 11 is 0. The fourth-order valence-corrected chi connectivity index (χ4v) is 3.00. The molecule has 0 unspecified atom stereocenters. The lowest BCUT2D eigenvalue weighted by atomic mass is 10.1. The standard InChI is InChI=1S/C21H25N3O3/c1-3-16-8-4-5-10-19(16)27-18-13-24(14-18)21(26)23-17-9-6-7-15(11-17)12-20(25)22-2/h4-11,18H,3,12-14H2,1-2H3,(H,22,25)(H,23,26). The van der Waals surface area contributed by atoms with E-state index in [1.807, 2.05) is 42.5 Å². The zero-order valence-electron chi connectivity index (χ0n) is 15.7. The van der Waals surface area contributed by atoms with Gasteiger partial charge in [-0.15, -0.1) is 0 Å². The highest BCUT2D eigenvalue weighted by atomic mass is 16.5. The maximum Gasteiger partial charge on any atom is 0.322 e. The molecule has 0 saturated carbocycles. The highest BCUT2D eigenvalue weighted by Crippen LogP contribution is 2.23. The molecule has 142 valence electrons. The van der Waals surface area contributed by atoms with Gasteiger partial charge >= 0.3 is 6.03 Å². The summed E-state index contributed by atoms with van der Waals surface area (Å²) in [5, 5.41) is 5.48. The zero-order valence-corrected chi connectivity index (χ0v) is 15.7. The van der Waals surface area contributed by atoms with Gasteiger partial charge < -0.3 is 20.3 Å². The van der Waals surface area contributed by atoms with Crippen molar-refractivity contribution in [2.24, 2.45) is 0 Å². The maximum atomic E-state index is 12.4. The highest BCUT2D eigenvalue weighted by Gasteiger charge is 2.32. The molecule has 0 aliphatic carbocycles. The minimum Gasteiger partial charge on any atom is -0.486 e. The topological polar surface area (TPSA) is 70.7 Å². The Morgan fingerprint density at radius 3 is 2.67 bits per heavy atom. The smallest absolute Gasteiger partial charge is 0.322 e. The van der Waals surface area contributed by atoms with Crippen molar-refractivity contribution in [3.63, 3.8) is 0 Å². The summed E-state index contributed by atoms with van der Waals surface area (Å²) in [6.45, 7) is 3.21. The van der Waals surface area contributed by atoms with Gasteiger partial charge in [-0.3, -0.25) is 4.79 Å². The van der Waals surface area contributed by atoms with Crippen LogP contribution in [0.2, 0.25) is 0 Å². The van der Waals surface area contributed by atoms with Crippen LogP contribution in [-0.2, 0) is 17.6 Å². The number of para-hydroxylation sites is 1. The third kappa shape index (κ3) is 4.78. The minimum atomic E-state index is -0.157. The van der Waals surface area contributed by atoms with Gasteiger partial charge in [-0.25, -0.2) is 4.79 Å². The van der Waals surface area contributed by atoms with Crippen molar-refractivity contribution >= 4 is 17.6 Å². The first kappa shape index (κ1) is 18.8. The van der Waals surface area contributed by atoms with E-state index in [2.05, 4.69) is 23.6 Å². The monoisotopic (exact) mass is 367 g/mol. The lowest BCUT2D eigenvalue weighted by molar-refractivity contribution is -0.119. The molecule has 0 bridgehead atoms. The average molecular weight is 367 g/mol. The van der Waals surface area contributed by atoms with Crippen LogP contribution in [0.4, 0.5) is 10.5 Å². The van der Waals surface area contributed by atoms with Crippen LogP contribution in [0.3, 0.4) is 0 Å². The van der Waals surface area contributed by atoms with Crippen LogP contribution >= 0.6 is 0 Å². The van der Waals surface area contributed by atoms with E-state index in [4.69, 9.17) is 4.74 Å². The van der Waals surface area contributed by atoms with Gasteiger partial charge in [-0.1, -0.05) is 37.3 Å². The van der Waals surface area contributed by atoms with Crippen LogP contribution in [0.5, 0.6) is 5.75 Å². The van der Waals surface area contributed by atoms with Crippen molar-refractivity contribution in [1.82, 2.24) is 10.2 Å². The average Bonchev–Trinajstić information content (AvgIpc) is 2.64. The second kappa shape index (κ2) is 8.58. The van der Waals surface area contributed by atoms with Crippen molar-refractivity contribution in [3.8, 4) is 5.75 Å². The Morgan fingerprint density at radius 1 is 1.15 bits per heavy atom. The normalized spacial score (nSPS) is 13.6. The van der Waals surface area contributed by atoms with Crippen LogP contribution in [0.1, 0.15) is 18.1 Å². The van der Waals surface area contributed by atoms with Crippen molar-refractivity contribution < 1.29 is 14.3 Å². The van der Waals surface area contributed by atoms with Gasteiger partial charge in [0, 0.05) is 12.7 Å². The number of benzene rings is 2. The van der Waals surface area contributed by atoms with E-state index in [1.54, 1.807) is 11.9 Å². The number of likely N-dealkylation sites (N-methyl/N-ethyl adjacent to an activating group) is 1. The Morgan fingerprint density at radius 2 is 1.93 bits per heavy atom. The van der Waals surface area contributed by atoms with Crippen LogP contribution in [0, 0.1) is 0 Å². The molecule has 0 aromatic heterocycles. The first-order valence-electron chi connectivity index (χ1n) is 9.19. The molecule has 27 heavy (non-hydrogen) atoms. The molecule has 6 nitrogen and oxygen atoms in total. The Labute approximate surface area is 159 Å². The predicted octanol–water partition coefficient (Wildman–Crippen LogP) is 2.83. The Hall–Kier alpha value is -3.02. The third-order valence-corrected chi connectivity index (χ3v) is 4.60. The number of carbonyl (C=O) groups excluding carboxylic acids is 2. The van der Waals surface area contributed by atoms with E-state index in [0.717, 1.165) is 17.7 Å². The highest BCUT2D eigenvalue weighted by molar-refractivity contribution is 5.90. The number of amides is 3. The molecule has 2 N–H and O–H groups in total. The summed E-state index contributed by atoms with van der Waals surface area (Å²) in [5.74, 6) is 0.834. The number of likely N-dealkylation sites (tertiary alicyclic amines) is 1. The number of nitrogens with one attached hydrogen (secondary N) is 2. The molecule has 2 aromatic carbocycles. The fourth-order valence-electron chi connectivity index (χ4n) is 3.00. The van der Waals surface area contributed by atoms with Gasteiger partial charge in [0.2, 0.25) is 5.91 Å². The third-order valence-electron chi connectivity index (χ3n) is 4.60. The van der Waals surface area contributed by atoms with Gasteiger partial charge in [0.15, 0.2) is 0 Å². The largest absolute Gasteiger partial charge is 0.486 e. The molecule has 1 heterocycles. The molecule has 1 fully saturated rings. The maximum absolute atomic E-state index is 12.4. The predicted molar refractivity (Wildman–Crippen MR) is 105 cm³/mol. The molecular formula is C21H25N3O3. The van der Waals surface area contributed by atoms with E-state index in [1.165, 1.54) is 5.56 Å². The van der Waals surface area contributed by atoms with Crippen LogP contribution in [0.15, 0.2) is 48.5 Å². The van der Waals surface area contributed by atoms with Gasteiger partial charge in [0.25, 0.3) is 0 Å². The first-order chi connectivity index (χ1) is 13.1. The van der Waals surface area contributed by atoms with Gasteiger partial charge in [0.05, 0.1) is 19.5 Å². The Kier molecular flexibility index (Phi) is 5.96. The number of nitrogens with zero attached hydrogens (tertiary/aromatic N) is 1. The Balaban J connectivity index is 1.51. The quantitative estimate of drug-likeness (QED) is 0.825. The fraction of sp³-hybridized carbons (Fsp3) is 0.333. The Bertz CT molecular complexity index is 816. The lowest BCUT2D eigenvalue weighted by Gasteiger charge is -2.39. The van der Waals surface area contributed by atoms with Crippen LogP contribution in [-0.4, -0.2) is 43.1 Å². The summed E-state index contributed by atoms with van der Waals surface area (Å²) in [4.78, 5) is 25.6. The number of hydrogen-bond donors (Lipinski definition) is 2. The summed E-state index contributed by atoms with van der Waals surface area (Å²) in [6, 6.07) is 15.2. The van der Waals surface area contributed by atoms with Gasteiger partial charge in [-0.05, 0) is 35.7 Å². The van der Waals surface area contributed by atoms with Crippen LogP contribution in [0.25, 0.3) is 0 Å². The van der Waals surface area contributed by atoms with E-state index < -0.39 is 0 Å². The van der Waals surface area contributed by atoms with Crippen LogP contribution < -0.4 is 15.4 Å². The molecule has 0 radical (unpaired) electrons.